The van der Waals surface area contributed by atoms with Crippen molar-refractivity contribution in [1.82, 2.24) is 0 Å². The molecule has 0 aliphatic carbocycles. The van der Waals surface area contributed by atoms with Crippen LogP contribution in [0.3, 0.4) is 0 Å². The number of hydrogen-bond donors (Lipinski definition) is 0. The first-order chi connectivity index (χ1) is 8.09. The molecule has 5 nitrogen and oxygen atoms in total. The van der Waals surface area contributed by atoms with E-state index in [0.717, 1.165) is 5.56 Å². The van der Waals surface area contributed by atoms with Crippen LogP contribution in [0.15, 0.2) is 30.3 Å². The lowest BCUT2D eigenvalue weighted by Gasteiger charge is -2.34. The highest BCUT2D eigenvalue weighted by Crippen LogP contribution is 2.30. The van der Waals surface area contributed by atoms with Crippen molar-refractivity contribution >= 4 is 0 Å². The van der Waals surface area contributed by atoms with Gasteiger partial charge in [0.05, 0.1) is 0 Å². The van der Waals surface area contributed by atoms with Gasteiger partial charge in [0.25, 0.3) is 6.04 Å². The van der Waals surface area contributed by atoms with Crippen molar-refractivity contribution in [3.8, 4) is 0 Å². The Balaban J connectivity index is 2.14. The Hall–Kier alpha value is -1.46. The standard InChI is InChI=1S/C12H15NO4/c1-8-11(13(14)15)9(2)17-12(16-8)10-6-4-3-5-7-10/h3-9,11-12H,1-2H3/t8-,9+,11+,12-. The second kappa shape index (κ2) is 4.81. The first kappa shape index (κ1) is 12.0. The van der Waals surface area contributed by atoms with Gasteiger partial charge in [-0.3, -0.25) is 10.1 Å². The van der Waals surface area contributed by atoms with Crippen LogP contribution in [-0.4, -0.2) is 23.2 Å². The number of benzene rings is 1. The molecular formula is C12H15NO4. The molecular weight excluding hydrogens is 222 g/mol. The van der Waals surface area contributed by atoms with Crippen LogP contribution in [0.1, 0.15) is 25.7 Å². The molecule has 1 saturated heterocycles. The van der Waals surface area contributed by atoms with Gasteiger partial charge < -0.3 is 9.47 Å². The van der Waals surface area contributed by atoms with Gasteiger partial charge in [0, 0.05) is 10.5 Å². The molecule has 1 fully saturated rings. The Morgan fingerprint density at radius 2 is 1.65 bits per heavy atom. The third kappa shape index (κ3) is 2.45. The Kier molecular flexibility index (Phi) is 3.40. The van der Waals surface area contributed by atoms with Crippen molar-refractivity contribution in [2.75, 3.05) is 0 Å². The highest BCUT2D eigenvalue weighted by atomic mass is 16.7. The molecule has 0 saturated carbocycles. The average Bonchev–Trinajstić information content (AvgIpc) is 2.28. The number of rotatable bonds is 2. The van der Waals surface area contributed by atoms with Gasteiger partial charge in [-0.15, -0.1) is 0 Å². The van der Waals surface area contributed by atoms with Gasteiger partial charge >= 0.3 is 0 Å². The second-order valence-electron chi connectivity index (χ2n) is 4.20. The number of nitrogens with zero attached hydrogens (tertiary/aromatic N) is 1. The van der Waals surface area contributed by atoms with Gasteiger partial charge in [0.15, 0.2) is 6.29 Å². The van der Waals surface area contributed by atoms with Crippen LogP contribution >= 0.6 is 0 Å². The molecule has 0 N–H and O–H groups in total. The SMILES string of the molecule is C[C@@H]1O[C@H](c2ccccc2)O[C@H](C)[C@@H]1[N+](=O)[O-]. The summed E-state index contributed by atoms with van der Waals surface area (Å²) >= 11 is 0. The van der Waals surface area contributed by atoms with E-state index >= 15 is 0 Å². The summed E-state index contributed by atoms with van der Waals surface area (Å²) in [5.41, 5.74) is 0.882. The summed E-state index contributed by atoms with van der Waals surface area (Å²) < 4.78 is 11.1. The van der Waals surface area contributed by atoms with Gasteiger partial charge in [-0.1, -0.05) is 30.3 Å². The molecule has 1 heterocycles. The molecule has 0 unspecified atom stereocenters. The third-order valence-electron chi connectivity index (χ3n) is 2.95. The minimum Gasteiger partial charge on any atom is -0.338 e. The maximum atomic E-state index is 10.9. The summed E-state index contributed by atoms with van der Waals surface area (Å²) in [5, 5.41) is 10.9. The van der Waals surface area contributed by atoms with Crippen LogP contribution in [0.5, 0.6) is 0 Å². The molecule has 4 atom stereocenters. The zero-order chi connectivity index (χ0) is 12.4. The summed E-state index contributed by atoms with van der Waals surface area (Å²) in [6, 6.07) is 8.63. The molecule has 0 amide bonds. The van der Waals surface area contributed by atoms with E-state index in [-0.39, 0.29) is 4.92 Å². The second-order valence-corrected chi connectivity index (χ2v) is 4.20. The van der Waals surface area contributed by atoms with Gasteiger partial charge in [0.1, 0.15) is 12.2 Å². The smallest absolute Gasteiger partial charge is 0.264 e. The number of nitro groups is 1. The molecule has 1 aromatic rings. The van der Waals surface area contributed by atoms with Gasteiger partial charge in [-0.2, -0.15) is 0 Å². The maximum absolute atomic E-state index is 10.9. The van der Waals surface area contributed by atoms with Crippen LogP contribution in [0.25, 0.3) is 0 Å². The van der Waals surface area contributed by atoms with E-state index in [1.54, 1.807) is 13.8 Å². The van der Waals surface area contributed by atoms with E-state index in [0.29, 0.717) is 0 Å². The summed E-state index contributed by atoms with van der Waals surface area (Å²) in [6.45, 7) is 3.42. The van der Waals surface area contributed by atoms with Crippen molar-refractivity contribution in [3.05, 3.63) is 46.0 Å². The van der Waals surface area contributed by atoms with Crippen LogP contribution in [-0.2, 0) is 9.47 Å². The number of ether oxygens (including phenoxy) is 2. The fourth-order valence-electron chi connectivity index (χ4n) is 2.07. The summed E-state index contributed by atoms with van der Waals surface area (Å²) in [5.74, 6) is 0. The van der Waals surface area contributed by atoms with E-state index in [2.05, 4.69) is 0 Å². The lowest BCUT2D eigenvalue weighted by atomic mass is 10.1. The molecule has 1 aliphatic heterocycles. The zero-order valence-corrected chi connectivity index (χ0v) is 9.78. The Bertz CT molecular complexity index is 383. The van der Waals surface area contributed by atoms with E-state index in [1.165, 1.54) is 0 Å². The normalized spacial score (nSPS) is 33.3. The van der Waals surface area contributed by atoms with Crippen molar-refractivity contribution < 1.29 is 14.4 Å². The predicted molar refractivity (Wildman–Crippen MR) is 61.1 cm³/mol. The summed E-state index contributed by atoms with van der Waals surface area (Å²) in [6.07, 6.45) is -1.43. The molecule has 0 radical (unpaired) electrons. The molecule has 5 heteroatoms. The Morgan fingerprint density at radius 3 is 2.12 bits per heavy atom. The Morgan fingerprint density at radius 1 is 1.12 bits per heavy atom. The van der Waals surface area contributed by atoms with E-state index < -0.39 is 24.5 Å². The monoisotopic (exact) mass is 237 g/mol. The summed E-state index contributed by atoms with van der Waals surface area (Å²) in [4.78, 5) is 10.5. The fraction of sp³-hybridized carbons (Fsp3) is 0.500. The number of hydrogen-bond acceptors (Lipinski definition) is 4. The van der Waals surface area contributed by atoms with Gasteiger partial charge in [0.2, 0.25) is 0 Å². The quantitative estimate of drug-likeness (QED) is 0.584. The lowest BCUT2D eigenvalue weighted by Crippen LogP contribution is -2.48. The van der Waals surface area contributed by atoms with Crippen molar-refractivity contribution in [3.63, 3.8) is 0 Å². The molecule has 0 aromatic heterocycles. The molecule has 0 bridgehead atoms. The third-order valence-corrected chi connectivity index (χ3v) is 2.95. The predicted octanol–water partition coefficient (Wildman–Crippen LogP) is 2.15. The molecule has 1 aromatic carbocycles. The average molecular weight is 237 g/mol. The topological polar surface area (TPSA) is 61.6 Å². The zero-order valence-electron chi connectivity index (χ0n) is 9.78. The minimum absolute atomic E-state index is 0.337. The fourth-order valence-corrected chi connectivity index (χ4v) is 2.07. The largest absolute Gasteiger partial charge is 0.338 e. The summed E-state index contributed by atoms with van der Waals surface area (Å²) in [7, 11) is 0. The van der Waals surface area contributed by atoms with E-state index in [1.807, 2.05) is 30.3 Å². The Labute approximate surface area is 99.5 Å². The van der Waals surface area contributed by atoms with Crippen LogP contribution in [0.2, 0.25) is 0 Å². The lowest BCUT2D eigenvalue weighted by molar-refractivity contribution is -0.564. The van der Waals surface area contributed by atoms with Gasteiger partial charge in [-0.05, 0) is 13.8 Å². The molecule has 17 heavy (non-hydrogen) atoms. The van der Waals surface area contributed by atoms with Crippen molar-refractivity contribution in [1.29, 1.82) is 0 Å². The minimum atomic E-state index is -0.810. The molecule has 1 aliphatic rings. The molecule has 0 spiro atoms. The van der Waals surface area contributed by atoms with Crippen molar-refractivity contribution in [2.45, 2.75) is 38.4 Å². The highest BCUT2D eigenvalue weighted by molar-refractivity contribution is 5.16. The van der Waals surface area contributed by atoms with Crippen LogP contribution < -0.4 is 0 Å². The molecule has 2 rings (SSSR count). The first-order valence-electron chi connectivity index (χ1n) is 5.59. The van der Waals surface area contributed by atoms with E-state index in [4.69, 9.17) is 9.47 Å². The van der Waals surface area contributed by atoms with Crippen molar-refractivity contribution in [2.24, 2.45) is 0 Å². The molecule has 92 valence electrons. The highest BCUT2D eigenvalue weighted by Gasteiger charge is 2.43. The van der Waals surface area contributed by atoms with Crippen LogP contribution in [0, 0.1) is 10.1 Å². The van der Waals surface area contributed by atoms with E-state index in [9.17, 15) is 10.1 Å². The van der Waals surface area contributed by atoms with Gasteiger partial charge in [-0.25, -0.2) is 0 Å². The van der Waals surface area contributed by atoms with Crippen LogP contribution in [0.4, 0.5) is 0 Å². The first-order valence-corrected chi connectivity index (χ1v) is 5.59. The maximum Gasteiger partial charge on any atom is 0.264 e.